The highest BCUT2D eigenvalue weighted by atomic mass is 32.2. The number of piperazine rings is 1. The maximum Gasteiger partial charge on any atom is 0.417 e. The summed E-state index contributed by atoms with van der Waals surface area (Å²) in [7, 11) is 0. The zero-order chi connectivity index (χ0) is 20.8. The van der Waals surface area contributed by atoms with Crippen LogP contribution in [0.3, 0.4) is 0 Å². The van der Waals surface area contributed by atoms with E-state index in [1.165, 1.54) is 16.7 Å². The minimum Gasteiger partial charge on any atom is -0.353 e. The summed E-state index contributed by atoms with van der Waals surface area (Å²) < 4.78 is 43.1. The summed E-state index contributed by atoms with van der Waals surface area (Å²) in [6.07, 6.45) is 1.82. The first-order valence-electron chi connectivity index (χ1n) is 9.13. The molecule has 0 saturated carbocycles. The Morgan fingerprint density at radius 2 is 1.90 bits per heavy atom. The van der Waals surface area contributed by atoms with E-state index < -0.39 is 11.7 Å². The summed E-state index contributed by atoms with van der Waals surface area (Å²) in [5.41, 5.74) is 0.0651. The lowest BCUT2D eigenvalue weighted by molar-refractivity contribution is -0.137. The molecule has 3 aromatic rings. The monoisotopic (exact) mass is 422 g/mol. The maximum atomic E-state index is 13.1. The van der Waals surface area contributed by atoms with Gasteiger partial charge in [0.2, 0.25) is 0 Å². The van der Waals surface area contributed by atoms with Crippen LogP contribution in [0.1, 0.15) is 19.4 Å². The number of aromatic nitrogens is 4. The molecule has 0 bridgehead atoms. The van der Waals surface area contributed by atoms with Crippen molar-refractivity contribution in [1.29, 1.82) is 0 Å². The first-order valence-corrected chi connectivity index (χ1v) is 10.3. The zero-order valence-corrected chi connectivity index (χ0v) is 17.1. The topological polar surface area (TPSA) is 49.6 Å². The van der Waals surface area contributed by atoms with E-state index in [2.05, 4.69) is 44.3 Å². The average Bonchev–Trinajstić information content (AvgIpc) is 3.10. The van der Waals surface area contributed by atoms with Crippen LogP contribution < -0.4 is 4.90 Å². The summed E-state index contributed by atoms with van der Waals surface area (Å²) >= 11 is 1.73. The molecule has 6 nitrogen and oxygen atoms in total. The molecule has 0 aromatic carbocycles. The van der Waals surface area contributed by atoms with Crippen LogP contribution in [0.5, 0.6) is 0 Å². The molecule has 4 rings (SSSR count). The van der Waals surface area contributed by atoms with Crippen molar-refractivity contribution in [2.75, 3.05) is 30.8 Å². The Hall–Kier alpha value is -2.33. The van der Waals surface area contributed by atoms with Crippen molar-refractivity contribution in [3.8, 4) is 11.5 Å². The highest BCUT2D eigenvalue weighted by Crippen LogP contribution is 2.31. The predicted octanol–water partition coefficient (Wildman–Crippen LogP) is 3.99. The summed E-state index contributed by atoms with van der Waals surface area (Å²) in [4.78, 5) is 15.3. The molecule has 3 aromatic heterocycles. The van der Waals surface area contributed by atoms with Gasteiger partial charge in [0.1, 0.15) is 17.2 Å². The molecule has 4 heterocycles. The van der Waals surface area contributed by atoms with Gasteiger partial charge in [-0.15, -0.1) is 0 Å². The van der Waals surface area contributed by atoms with E-state index in [1.54, 1.807) is 18.1 Å². The maximum absolute atomic E-state index is 13.1. The van der Waals surface area contributed by atoms with Crippen LogP contribution in [-0.4, -0.2) is 55.1 Å². The van der Waals surface area contributed by atoms with Crippen LogP contribution in [0, 0.1) is 0 Å². The van der Waals surface area contributed by atoms with Crippen molar-refractivity contribution in [3.63, 3.8) is 0 Å². The lowest BCUT2D eigenvalue weighted by Crippen LogP contribution is -2.56. The van der Waals surface area contributed by atoms with Gasteiger partial charge in [0.05, 0.1) is 11.8 Å². The summed E-state index contributed by atoms with van der Waals surface area (Å²) in [5, 5.41) is 0. The fraction of sp³-hybridized carbons (Fsp3) is 0.421. The number of alkyl halides is 3. The first-order chi connectivity index (χ1) is 13.7. The smallest absolute Gasteiger partial charge is 0.353 e. The molecule has 0 radical (unpaired) electrons. The number of hydrogen-bond acceptors (Lipinski definition) is 6. The van der Waals surface area contributed by atoms with Crippen LogP contribution in [0.2, 0.25) is 0 Å². The van der Waals surface area contributed by atoms with Crippen molar-refractivity contribution in [1.82, 2.24) is 23.7 Å². The third-order valence-electron chi connectivity index (χ3n) is 5.07. The standard InChI is InChI=1S/C19H21F3N6S/c1-18(2)12-26(8-9-28(18)29-3)16-6-7-23-17(25-16)14-10-24-15-5-4-13(11-27(14)15)19(20,21)22/h4-7,10-11H,8-9,12H2,1-3H3. The lowest BCUT2D eigenvalue weighted by Gasteiger charge is -2.46. The molecule has 10 heteroatoms. The number of hydrogen-bond donors (Lipinski definition) is 0. The van der Waals surface area contributed by atoms with E-state index >= 15 is 0 Å². The molecule has 1 fully saturated rings. The van der Waals surface area contributed by atoms with Gasteiger partial charge in [-0.3, -0.25) is 4.40 Å². The van der Waals surface area contributed by atoms with Crippen LogP contribution in [0.15, 0.2) is 36.8 Å². The summed E-state index contributed by atoms with van der Waals surface area (Å²) in [6.45, 7) is 6.85. The van der Waals surface area contributed by atoms with Gasteiger partial charge < -0.3 is 4.90 Å². The van der Waals surface area contributed by atoms with Gasteiger partial charge in [-0.1, -0.05) is 11.9 Å². The van der Waals surface area contributed by atoms with Gasteiger partial charge in [-0.25, -0.2) is 19.3 Å². The largest absolute Gasteiger partial charge is 0.417 e. The minimum absolute atomic E-state index is 0.0340. The van der Waals surface area contributed by atoms with Crippen LogP contribution >= 0.6 is 11.9 Å². The van der Waals surface area contributed by atoms with Crippen molar-refractivity contribution >= 4 is 23.4 Å². The molecule has 29 heavy (non-hydrogen) atoms. The molecule has 1 aliphatic heterocycles. The molecule has 0 aliphatic carbocycles. The third kappa shape index (κ3) is 3.78. The number of nitrogens with zero attached hydrogens (tertiary/aromatic N) is 6. The molecule has 1 aliphatic rings. The van der Waals surface area contributed by atoms with Crippen molar-refractivity contribution in [3.05, 3.63) is 42.4 Å². The second kappa shape index (κ2) is 7.17. The van der Waals surface area contributed by atoms with Crippen LogP contribution in [-0.2, 0) is 6.18 Å². The Bertz CT molecular complexity index is 1030. The molecule has 0 unspecified atom stereocenters. The predicted molar refractivity (Wildman–Crippen MR) is 108 cm³/mol. The Morgan fingerprint density at radius 3 is 2.59 bits per heavy atom. The third-order valence-corrected chi connectivity index (χ3v) is 6.19. The van der Waals surface area contributed by atoms with Crippen LogP contribution in [0.25, 0.3) is 17.2 Å². The minimum atomic E-state index is -4.43. The Balaban J connectivity index is 1.69. The Morgan fingerprint density at radius 1 is 1.10 bits per heavy atom. The molecular weight excluding hydrogens is 401 g/mol. The zero-order valence-electron chi connectivity index (χ0n) is 16.3. The second-order valence-electron chi connectivity index (χ2n) is 7.54. The molecule has 0 spiro atoms. The highest BCUT2D eigenvalue weighted by Gasteiger charge is 2.34. The number of rotatable bonds is 3. The van der Waals surface area contributed by atoms with Gasteiger partial charge >= 0.3 is 6.18 Å². The van der Waals surface area contributed by atoms with Crippen molar-refractivity contribution < 1.29 is 13.2 Å². The molecular formula is C19H21F3N6S. The lowest BCUT2D eigenvalue weighted by atomic mass is 10.0. The van der Waals surface area contributed by atoms with E-state index in [4.69, 9.17) is 0 Å². The average molecular weight is 422 g/mol. The number of anilines is 1. The van der Waals surface area contributed by atoms with E-state index in [0.29, 0.717) is 17.2 Å². The van der Waals surface area contributed by atoms with Gasteiger partial charge in [-0.05, 0) is 38.3 Å². The number of imidazole rings is 1. The number of fused-ring (bicyclic) bond motifs is 1. The molecule has 0 atom stereocenters. The first kappa shape index (κ1) is 20.0. The van der Waals surface area contributed by atoms with Crippen molar-refractivity contribution in [2.45, 2.75) is 25.6 Å². The van der Waals surface area contributed by atoms with E-state index in [1.807, 2.05) is 6.07 Å². The number of halogens is 3. The van der Waals surface area contributed by atoms with E-state index in [-0.39, 0.29) is 5.54 Å². The van der Waals surface area contributed by atoms with E-state index in [9.17, 15) is 13.2 Å². The van der Waals surface area contributed by atoms with Gasteiger partial charge in [0, 0.05) is 37.6 Å². The fourth-order valence-corrected chi connectivity index (χ4v) is 4.45. The highest BCUT2D eigenvalue weighted by molar-refractivity contribution is 7.96. The second-order valence-corrected chi connectivity index (χ2v) is 8.35. The Kier molecular flexibility index (Phi) is 4.94. The fourth-order valence-electron chi connectivity index (χ4n) is 3.64. The van der Waals surface area contributed by atoms with Gasteiger partial charge in [0.15, 0.2) is 5.82 Å². The van der Waals surface area contributed by atoms with Crippen molar-refractivity contribution in [2.24, 2.45) is 0 Å². The van der Waals surface area contributed by atoms with Crippen LogP contribution in [0.4, 0.5) is 19.0 Å². The van der Waals surface area contributed by atoms with Gasteiger partial charge in [0.25, 0.3) is 0 Å². The molecule has 1 saturated heterocycles. The SMILES string of the molecule is CSN1CCN(c2ccnc(-c3cnc4ccc(C(F)(F)F)cn34)n2)CC1(C)C. The summed E-state index contributed by atoms with van der Waals surface area (Å²) in [6, 6.07) is 4.20. The molecule has 0 N–H and O–H groups in total. The number of pyridine rings is 1. The van der Waals surface area contributed by atoms with Gasteiger partial charge in [-0.2, -0.15) is 13.2 Å². The Labute approximate surface area is 170 Å². The summed E-state index contributed by atoms with van der Waals surface area (Å²) in [5.74, 6) is 1.10. The quantitative estimate of drug-likeness (QED) is 0.595. The van der Waals surface area contributed by atoms with E-state index in [0.717, 1.165) is 37.7 Å². The molecule has 0 amide bonds. The molecule has 154 valence electrons. The normalized spacial score (nSPS) is 17.8.